The molecule has 6 rings (SSSR count). The summed E-state index contributed by atoms with van der Waals surface area (Å²) in [5.74, 6) is 1.94. The van der Waals surface area contributed by atoms with Crippen LogP contribution in [0.15, 0.2) is 89.2 Å². The first-order valence-electron chi connectivity index (χ1n) is 13.2. The molecular weight excluding hydrogens is 416 g/mol. The van der Waals surface area contributed by atoms with Crippen LogP contribution >= 0.6 is 0 Å². The Morgan fingerprint density at radius 2 is 1.68 bits per heavy atom. The normalized spacial score (nSPS) is 30.3. The quantitative estimate of drug-likeness (QED) is 0.348. The van der Waals surface area contributed by atoms with Crippen LogP contribution in [0.2, 0.25) is 0 Å². The third-order valence-corrected chi connectivity index (χ3v) is 8.51. The maximum absolute atomic E-state index is 14.1. The molecule has 0 bridgehead atoms. The van der Waals surface area contributed by atoms with Gasteiger partial charge in [-0.25, -0.2) is 0 Å². The lowest BCUT2D eigenvalue weighted by atomic mass is 9.66. The summed E-state index contributed by atoms with van der Waals surface area (Å²) in [4.78, 5) is 14.1. The summed E-state index contributed by atoms with van der Waals surface area (Å²) in [6.45, 7) is 0. The molecule has 2 nitrogen and oxygen atoms in total. The lowest BCUT2D eigenvalue weighted by Crippen LogP contribution is -2.40. The molecule has 4 aliphatic rings. The number of rotatable bonds is 3. The highest BCUT2D eigenvalue weighted by Gasteiger charge is 2.56. The first-order chi connectivity index (χ1) is 16.7. The van der Waals surface area contributed by atoms with Crippen molar-refractivity contribution in [1.82, 2.24) is 0 Å². The van der Waals surface area contributed by atoms with Crippen molar-refractivity contribution >= 4 is 11.9 Å². The summed E-state index contributed by atoms with van der Waals surface area (Å²) in [5.41, 5.74) is 5.74. The average Bonchev–Trinajstić information content (AvgIpc) is 3.19. The molecule has 0 N–H and O–H groups in total. The number of hydrogen-bond donors (Lipinski definition) is 0. The number of allylic oxidation sites excluding steroid dienone is 4. The van der Waals surface area contributed by atoms with Gasteiger partial charge >= 0.3 is 0 Å². The minimum absolute atomic E-state index is 0.202. The third-order valence-electron chi connectivity index (χ3n) is 8.51. The zero-order valence-corrected chi connectivity index (χ0v) is 20.0. The van der Waals surface area contributed by atoms with E-state index in [1.54, 1.807) is 5.57 Å². The predicted molar refractivity (Wildman–Crippen MR) is 137 cm³/mol. The van der Waals surface area contributed by atoms with E-state index in [-0.39, 0.29) is 6.10 Å². The lowest BCUT2D eigenvalue weighted by Gasteiger charge is -2.46. The molecule has 0 amide bonds. The topological polar surface area (TPSA) is 26.3 Å². The molecule has 0 unspecified atom stereocenters. The van der Waals surface area contributed by atoms with Gasteiger partial charge in [-0.2, -0.15) is 0 Å². The summed E-state index contributed by atoms with van der Waals surface area (Å²) < 4.78 is 7.04. The molecular formula is C32H34O2. The first kappa shape index (κ1) is 21.6. The van der Waals surface area contributed by atoms with E-state index in [4.69, 9.17) is 4.74 Å². The number of Topliss-reactive ketones (excluding diaryl/α,β-unsaturated/α-hetero) is 1. The van der Waals surface area contributed by atoms with Crippen LogP contribution in [0.4, 0.5) is 0 Å². The fraction of sp³-hybridized carbons (Fsp3) is 0.406. The Labute approximate surface area is 203 Å². The van der Waals surface area contributed by atoms with Crippen LogP contribution < -0.4 is 0 Å². The van der Waals surface area contributed by atoms with Gasteiger partial charge in [-0.05, 0) is 92.6 Å². The lowest BCUT2D eigenvalue weighted by molar-refractivity contribution is -0.134. The monoisotopic (exact) mass is 450 g/mol. The van der Waals surface area contributed by atoms with E-state index in [2.05, 4.69) is 54.6 Å². The van der Waals surface area contributed by atoms with Crippen molar-refractivity contribution in [1.29, 1.82) is 0 Å². The van der Waals surface area contributed by atoms with Crippen LogP contribution in [-0.4, -0.2) is 5.78 Å². The number of ether oxygens (including phenoxy) is 1. The van der Waals surface area contributed by atoms with Crippen molar-refractivity contribution in [2.45, 2.75) is 70.3 Å². The molecule has 1 saturated carbocycles. The van der Waals surface area contributed by atoms with Gasteiger partial charge in [-0.3, -0.25) is 4.79 Å². The first-order valence-corrected chi connectivity index (χ1v) is 13.2. The fourth-order valence-electron chi connectivity index (χ4n) is 6.83. The highest BCUT2D eigenvalue weighted by molar-refractivity contribution is 6.06. The maximum Gasteiger partial charge on any atom is 0.169 e. The number of carbonyl (C=O) groups is 1. The van der Waals surface area contributed by atoms with E-state index in [0.29, 0.717) is 11.7 Å². The van der Waals surface area contributed by atoms with Gasteiger partial charge in [0, 0.05) is 5.92 Å². The van der Waals surface area contributed by atoms with Gasteiger partial charge in [0.1, 0.15) is 11.9 Å². The standard InChI is InChI=1S/C32H34O2/c33-30-26(21-23-11-4-1-5-12-23)19-20-32(30)22-27-17-10-18-28(24-13-6-2-7-14-24)29(27)34-31(32)25-15-8-3-9-16-25/h1,3-5,8-9,11-13,15-16,21,28,31H,2,6-7,10,14,17-20,22H2/b26-21+/t28-,31+,32+/m1/s1. The van der Waals surface area contributed by atoms with Gasteiger partial charge < -0.3 is 4.74 Å². The molecule has 0 aromatic heterocycles. The van der Waals surface area contributed by atoms with Gasteiger partial charge in [-0.15, -0.1) is 0 Å². The highest BCUT2D eigenvalue weighted by Crippen LogP contribution is 2.59. The molecule has 1 heterocycles. The van der Waals surface area contributed by atoms with Crippen LogP contribution in [0.5, 0.6) is 0 Å². The predicted octanol–water partition coefficient (Wildman–Crippen LogP) is 8.14. The van der Waals surface area contributed by atoms with Crippen molar-refractivity contribution in [2.75, 3.05) is 0 Å². The molecule has 2 heteroatoms. The molecule has 0 radical (unpaired) electrons. The van der Waals surface area contributed by atoms with E-state index in [1.807, 2.05) is 18.2 Å². The SMILES string of the molecule is O=C1/C(=C/c2ccccc2)CC[C@]12CC1=C(O[C@H]2c2ccccc2)[C@@H](C2=CCCCC2)CCC1. The molecule has 0 saturated heterocycles. The summed E-state index contributed by atoms with van der Waals surface area (Å²) in [6, 6.07) is 20.8. The number of hydrogen-bond acceptors (Lipinski definition) is 2. The van der Waals surface area contributed by atoms with Crippen LogP contribution in [0, 0.1) is 11.3 Å². The summed E-state index contributed by atoms with van der Waals surface area (Å²) in [7, 11) is 0. The second-order valence-electron chi connectivity index (χ2n) is 10.6. The van der Waals surface area contributed by atoms with Gasteiger partial charge in [0.15, 0.2) is 5.78 Å². The van der Waals surface area contributed by atoms with E-state index < -0.39 is 5.41 Å². The van der Waals surface area contributed by atoms with Crippen LogP contribution in [0.1, 0.15) is 81.4 Å². The smallest absolute Gasteiger partial charge is 0.169 e. The van der Waals surface area contributed by atoms with Crippen molar-refractivity contribution in [3.05, 3.63) is 100 Å². The van der Waals surface area contributed by atoms with Crippen molar-refractivity contribution < 1.29 is 9.53 Å². The summed E-state index contributed by atoms with van der Waals surface area (Å²) >= 11 is 0. The van der Waals surface area contributed by atoms with Crippen molar-refractivity contribution in [2.24, 2.45) is 11.3 Å². The average molecular weight is 451 g/mol. The number of carbonyl (C=O) groups excluding carboxylic acids is 1. The van der Waals surface area contributed by atoms with Crippen LogP contribution in [0.3, 0.4) is 0 Å². The molecule has 3 atom stereocenters. The molecule has 2 aromatic rings. The summed E-state index contributed by atoms with van der Waals surface area (Å²) in [5, 5.41) is 0. The highest BCUT2D eigenvalue weighted by atomic mass is 16.5. The Morgan fingerprint density at radius 3 is 2.44 bits per heavy atom. The second-order valence-corrected chi connectivity index (χ2v) is 10.6. The van der Waals surface area contributed by atoms with E-state index in [1.165, 1.54) is 49.9 Å². The van der Waals surface area contributed by atoms with Crippen LogP contribution in [0.25, 0.3) is 6.08 Å². The minimum atomic E-state index is -0.483. The Balaban J connectivity index is 1.41. The Hall–Kier alpha value is -2.87. The summed E-state index contributed by atoms with van der Waals surface area (Å²) in [6.07, 6.45) is 15.4. The van der Waals surface area contributed by atoms with Gasteiger partial charge in [0.2, 0.25) is 0 Å². The second kappa shape index (κ2) is 9.06. The van der Waals surface area contributed by atoms with Gasteiger partial charge in [0.25, 0.3) is 0 Å². The molecule has 1 aliphatic heterocycles. The maximum atomic E-state index is 14.1. The molecule has 3 aliphatic carbocycles. The molecule has 34 heavy (non-hydrogen) atoms. The van der Waals surface area contributed by atoms with Crippen LogP contribution in [-0.2, 0) is 9.53 Å². The van der Waals surface area contributed by atoms with Crippen molar-refractivity contribution in [3.8, 4) is 0 Å². The minimum Gasteiger partial charge on any atom is -0.488 e. The van der Waals surface area contributed by atoms with E-state index in [9.17, 15) is 4.79 Å². The zero-order valence-electron chi connectivity index (χ0n) is 20.0. The molecule has 1 fully saturated rings. The molecule has 2 aromatic carbocycles. The Morgan fingerprint density at radius 1 is 0.882 bits per heavy atom. The van der Waals surface area contributed by atoms with Crippen molar-refractivity contribution in [3.63, 3.8) is 0 Å². The van der Waals surface area contributed by atoms with E-state index in [0.717, 1.165) is 42.4 Å². The van der Waals surface area contributed by atoms with Gasteiger partial charge in [0.05, 0.1) is 5.41 Å². The molecule has 1 spiro atoms. The largest absolute Gasteiger partial charge is 0.488 e. The third kappa shape index (κ3) is 3.78. The zero-order chi connectivity index (χ0) is 23.0. The Bertz CT molecular complexity index is 1150. The Kier molecular flexibility index (Phi) is 5.77. The number of benzene rings is 2. The van der Waals surface area contributed by atoms with Gasteiger partial charge in [-0.1, -0.05) is 72.3 Å². The number of ketones is 1. The fourth-order valence-corrected chi connectivity index (χ4v) is 6.83. The van der Waals surface area contributed by atoms with E-state index >= 15 is 0 Å². The molecule has 174 valence electrons.